The van der Waals surface area contributed by atoms with Gasteiger partial charge < -0.3 is 16.0 Å². The van der Waals surface area contributed by atoms with Crippen LogP contribution in [0.5, 0.6) is 0 Å². The highest BCUT2D eigenvalue weighted by atomic mass is 19.4. The van der Waals surface area contributed by atoms with Crippen molar-refractivity contribution in [1.29, 1.82) is 0 Å². The molecule has 3 amide bonds. The van der Waals surface area contributed by atoms with Gasteiger partial charge in [-0.1, -0.05) is 18.2 Å². The Morgan fingerprint density at radius 3 is 2.57 bits per heavy atom. The fourth-order valence-electron chi connectivity index (χ4n) is 3.33. The number of amides is 3. The lowest BCUT2D eigenvalue weighted by Gasteiger charge is -2.24. The largest absolute Gasteiger partial charge is 0.418 e. The minimum atomic E-state index is -4.72. The second-order valence-corrected chi connectivity index (χ2v) is 7.07. The van der Waals surface area contributed by atoms with Gasteiger partial charge in [-0.25, -0.2) is 0 Å². The number of para-hydroxylation sites is 1. The quantitative estimate of drug-likeness (QED) is 0.679. The van der Waals surface area contributed by atoms with Gasteiger partial charge in [0.2, 0.25) is 17.7 Å². The van der Waals surface area contributed by atoms with Gasteiger partial charge in [-0.15, -0.1) is 0 Å². The first-order valence-electron chi connectivity index (χ1n) is 9.31. The van der Waals surface area contributed by atoms with Crippen LogP contribution in [0, 0.1) is 5.92 Å². The standard InChI is InChI=1S/C21H20F3N3O3/c1-12(28)25-15-7-8-18(16(11-15)21(22,23)24)26-19(29)9-6-14-10-13-4-2-3-5-17(13)27-20(14)30/h2-5,7-8,11,14H,6,9-10H2,1H3,(H,25,28)(H,26,29)(H,27,30). The summed E-state index contributed by atoms with van der Waals surface area (Å²) in [7, 11) is 0. The van der Waals surface area contributed by atoms with Gasteiger partial charge in [0.15, 0.2) is 0 Å². The molecule has 30 heavy (non-hydrogen) atoms. The smallest absolute Gasteiger partial charge is 0.326 e. The van der Waals surface area contributed by atoms with Crippen LogP contribution < -0.4 is 16.0 Å². The summed E-state index contributed by atoms with van der Waals surface area (Å²) in [5, 5.41) is 7.33. The molecule has 1 atom stereocenters. The summed E-state index contributed by atoms with van der Waals surface area (Å²) in [6.07, 6.45) is -4.15. The van der Waals surface area contributed by atoms with Crippen LogP contribution in [0.4, 0.5) is 30.2 Å². The first kappa shape index (κ1) is 21.4. The molecule has 1 heterocycles. The van der Waals surface area contributed by atoms with Gasteiger partial charge in [0.1, 0.15) is 0 Å². The Morgan fingerprint density at radius 2 is 1.87 bits per heavy atom. The van der Waals surface area contributed by atoms with Crippen LogP contribution in [-0.4, -0.2) is 17.7 Å². The molecule has 2 aromatic rings. The van der Waals surface area contributed by atoms with E-state index in [0.717, 1.165) is 23.4 Å². The monoisotopic (exact) mass is 419 g/mol. The lowest BCUT2D eigenvalue weighted by Crippen LogP contribution is -2.30. The summed E-state index contributed by atoms with van der Waals surface area (Å²) >= 11 is 0. The molecule has 1 unspecified atom stereocenters. The molecule has 3 N–H and O–H groups in total. The number of hydrogen-bond donors (Lipinski definition) is 3. The molecule has 0 aromatic heterocycles. The van der Waals surface area contributed by atoms with E-state index in [-0.39, 0.29) is 24.4 Å². The highest BCUT2D eigenvalue weighted by molar-refractivity contribution is 5.97. The summed E-state index contributed by atoms with van der Waals surface area (Å²) in [4.78, 5) is 35.6. The van der Waals surface area contributed by atoms with E-state index in [2.05, 4.69) is 16.0 Å². The van der Waals surface area contributed by atoms with Crippen LogP contribution in [0.1, 0.15) is 30.9 Å². The van der Waals surface area contributed by atoms with Crippen molar-refractivity contribution in [3.8, 4) is 0 Å². The lowest BCUT2D eigenvalue weighted by molar-refractivity contribution is -0.137. The predicted molar refractivity (Wildman–Crippen MR) is 106 cm³/mol. The summed E-state index contributed by atoms with van der Waals surface area (Å²) < 4.78 is 40.1. The Morgan fingerprint density at radius 1 is 1.13 bits per heavy atom. The molecule has 6 nitrogen and oxygen atoms in total. The number of carbonyl (C=O) groups excluding carboxylic acids is 3. The fraction of sp³-hybridized carbons (Fsp3) is 0.286. The summed E-state index contributed by atoms with van der Waals surface area (Å²) in [6.45, 7) is 1.18. The van der Waals surface area contributed by atoms with Gasteiger partial charge >= 0.3 is 6.18 Å². The number of alkyl halides is 3. The second-order valence-electron chi connectivity index (χ2n) is 7.07. The van der Waals surface area contributed by atoms with Gasteiger partial charge in [0.25, 0.3) is 0 Å². The fourth-order valence-corrected chi connectivity index (χ4v) is 3.33. The van der Waals surface area contributed by atoms with Crippen LogP contribution in [0.2, 0.25) is 0 Å². The van der Waals surface area contributed by atoms with E-state index >= 15 is 0 Å². The van der Waals surface area contributed by atoms with Crippen molar-refractivity contribution < 1.29 is 27.6 Å². The zero-order valence-corrected chi connectivity index (χ0v) is 16.1. The van der Waals surface area contributed by atoms with E-state index in [9.17, 15) is 27.6 Å². The molecule has 2 aromatic carbocycles. The van der Waals surface area contributed by atoms with Crippen LogP contribution >= 0.6 is 0 Å². The number of carbonyl (C=O) groups is 3. The van der Waals surface area contributed by atoms with E-state index in [0.29, 0.717) is 6.42 Å². The Balaban J connectivity index is 1.66. The molecule has 0 saturated carbocycles. The van der Waals surface area contributed by atoms with Crippen LogP contribution in [0.3, 0.4) is 0 Å². The number of anilines is 3. The van der Waals surface area contributed by atoms with Crippen LogP contribution in [-0.2, 0) is 27.0 Å². The van der Waals surface area contributed by atoms with Crippen molar-refractivity contribution in [2.45, 2.75) is 32.4 Å². The van der Waals surface area contributed by atoms with Crippen LogP contribution in [0.25, 0.3) is 0 Å². The minimum absolute atomic E-state index is 0.0228. The highest BCUT2D eigenvalue weighted by Crippen LogP contribution is 2.37. The van der Waals surface area contributed by atoms with Crippen molar-refractivity contribution in [2.24, 2.45) is 5.92 Å². The third kappa shape index (κ3) is 5.16. The topological polar surface area (TPSA) is 87.3 Å². The van der Waals surface area contributed by atoms with Crippen molar-refractivity contribution in [1.82, 2.24) is 0 Å². The maximum Gasteiger partial charge on any atom is 0.418 e. The maximum atomic E-state index is 13.4. The molecule has 3 rings (SSSR count). The number of rotatable bonds is 5. The highest BCUT2D eigenvalue weighted by Gasteiger charge is 2.34. The van der Waals surface area contributed by atoms with Gasteiger partial charge in [-0.3, -0.25) is 14.4 Å². The molecular formula is C21H20F3N3O3. The molecule has 158 valence electrons. The zero-order valence-electron chi connectivity index (χ0n) is 16.1. The molecule has 1 aliphatic rings. The van der Waals surface area contributed by atoms with Gasteiger partial charge in [0, 0.05) is 30.6 Å². The molecule has 0 spiro atoms. The SMILES string of the molecule is CC(=O)Nc1ccc(NC(=O)CCC2Cc3ccccc3NC2=O)c(C(F)(F)F)c1. The third-order valence-corrected chi connectivity index (χ3v) is 4.75. The third-order valence-electron chi connectivity index (χ3n) is 4.75. The van der Waals surface area contributed by atoms with E-state index in [1.807, 2.05) is 18.2 Å². The van der Waals surface area contributed by atoms with E-state index in [4.69, 9.17) is 0 Å². The molecule has 0 fully saturated rings. The number of fused-ring (bicyclic) bond motifs is 1. The average Bonchev–Trinajstić information content (AvgIpc) is 2.66. The Bertz CT molecular complexity index is 989. The summed E-state index contributed by atoms with van der Waals surface area (Å²) in [5.41, 5.74) is 0.199. The molecule has 0 radical (unpaired) electrons. The normalized spacial score (nSPS) is 15.7. The van der Waals surface area contributed by atoms with Crippen molar-refractivity contribution in [3.05, 3.63) is 53.6 Å². The number of hydrogen-bond acceptors (Lipinski definition) is 3. The molecular weight excluding hydrogens is 399 g/mol. The van der Waals surface area contributed by atoms with Crippen LogP contribution in [0.15, 0.2) is 42.5 Å². The van der Waals surface area contributed by atoms with E-state index < -0.39 is 35.2 Å². The average molecular weight is 419 g/mol. The van der Waals surface area contributed by atoms with Gasteiger partial charge in [0.05, 0.1) is 11.3 Å². The van der Waals surface area contributed by atoms with E-state index in [1.165, 1.54) is 13.0 Å². The lowest BCUT2D eigenvalue weighted by atomic mass is 9.89. The summed E-state index contributed by atoms with van der Waals surface area (Å²) in [6, 6.07) is 10.5. The van der Waals surface area contributed by atoms with Crippen molar-refractivity contribution in [3.63, 3.8) is 0 Å². The first-order valence-corrected chi connectivity index (χ1v) is 9.31. The van der Waals surface area contributed by atoms with Gasteiger partial charge in [-0.05, 0) is 42.7 Å². The molecule has 0 aliphatic carbocycles. The minimum Gasteiger partial charge on any atom is -0.326 e. The predicted octanol–water partition coefficient (Wildman–Crippen LogP) is 4.19. The molecule has 0 saturated heterocycles. The van der Waals surface area contributed by atoms with Crippen molar-refractivity contribution in [2.75, 3.05) is 16.0 Å². The zero-order chi connectivity index (χ0) is 21.9. The molecule has 0 bridgehead atoms. The number of halogens is 3. The Hall–Kier alpha value is -3.36. The summed E-state index contributed by atoms with van der Waals surface area (Å²) in [5.74, 6) is -1.78. The number of nitrogens with one attached hydrogen (secondary N) is 3. The first-order chi connectivity index (χ1) is 14.1. The second kappa shape index (κ2) is 8.56. The Kier molecular flexibility index (Phi) is 6.09. The molecule has 1 aliphatic heterocycles. The number of benzene rings is 2. The molecule has 9 heteroatoms. The Labute approximate surface area is 170 Å². The maximum absolute atomic E-state index is 13.4. The van der Waals surface area contributed by atoms with E-state index in [1.54, 1.807) is 6.07 Å². The van der Waals surface area contributed by atoms with Crippen molar-refractivity contribution >= 4 is 34.8 Å². The van der Waals surface area contributed by atoms with Gasteiger partial charge in [-0.2, -0.15) is 13.2 Å².